The largest absolute Gasteiger partial charge is 0.543 e. The molecule has 0 unspecified atom stereocenters. The third kappa shape index (κ3) is 6.70. The quantitative estimate of drug-likeness (QED) is 0.172. The predicted molar refractivity (Wildman–Crippen MR) is 171 cm³/mol. The van der Waals surface area contributed by atoms with Gasteiger partial charge in [0.1, 0.15) is 5.75 Å². The maximum Gasteiger partial charge on any atom is 0.250 e. The molecule has 0 bridgehead atoms. The van der Waals surface area contributed by atoms with Crippen molar-refractivity contribution in [3.8, 4) is 17.2 Å². The Morgan fingerprint density at radius 3 is 1.87 bits per heavy atom. The highest BCUT2D eigenvalue weighted by Crippen LogP contribution is 2.56. The van der Waals surface area contributed by atoms with Crippen molar-refractivity contribution in [2.75, 3.05) is 7.11 Å². The number of ether oxygens (including phenoxy) is 1. The van der Waals surface area contributed by atoms with Crippen LogP contribution in [0.3, 0.4) is 0 Å². The van der Waals surface area contributed by atoms with Crippen molar-refractivity contribution in [3.05, 3.63) is 53.1 Å². The van der Waals surface area contributed by atoms with Crippen LogP contribution in [-0.2, 0) is 0 Å². The highest BCUT2D eigenvalue weighted by atomic mass is 28.4. The molecule has 0 spiro atoms. The topological polar surface area (TPSA) is 27.7 Å². The monoisotopic (exact) mass is 556 g/mol. The molecule has 0 N–H and O–H groups in total. The van der Waals surface area contributed by atoms with E-state index < -0.39 is 16.6 Å². The lowest BCUT2D eigenvalue weighted by Crippen LogP contribution is -2.45. The van der Waals surface area contributed by atoms with E-state index in [9.17, 15) is 0 Å². The van der Waals surface area contributed by atoms with Crippen LogP contribution < -0.4 is 13.6 Å². The van der Waals surface area contributed by atoms with Gasteiger partial charge in [-0.05, 0) is 62.5 Å². The number of hydrogen-bond donors (Lipinski definition) is 0. The number of allylic oxidation sites excluding steroid dienone is 5. The fraction of sp³-hybridized carbons (Fsp3) is 0.636. The van der Waals surface area contributed by atoms with E-state index in [1.165, 1.54) is 11.1 Å². The van der Waals surface area contributed by atoms with Crippen LogP contribution in [0, 0.1) is 12.8 Å². The zero-order valence-electron chi connectivity index (χ0n) is 27.2. The zero-order chi connectivity index (χ0) is 29.4. The number of methoxy groups -OCH3 is 1. The molecule has 1 aliphatic rings. The minimum absolute atomic E-state index is 0.0723. The van der Waals surface area contributed by atoms with Gasteiger partial charge in [0.05, 0.1) is 7.11 Å². The first kappa shape index (κ1) is 32.5. The Bertz CT molecular complexity index is 1080. The summed E-state index contributed by atoms with van der Waals surface area (Å²) in [6.07, 6.45) is 10.1. The molecule has 0 heterocycles. The first-order chi connectivity index (χ1) is 17.2. The van der Waals surface area contributed by atoms with Crippen molar-refractivity contribution in [1.29, 1.82) is 0 Å². The van der Waals surface area contributed by atoms with Crippen molar-refractivity contribution < 1.29 is 13.6 Å². The molecule has 0 saturated carbocycles. The highest BCUT2D eigenvalue weighted by molar-refractivity contribution is 6.75. The van der Waals surface area contributed by atoms with E-state index in [-0.39, 0.29) is 21.9 Å². The molecule has 0 saturated heterocycles. The molecule has 3 nitrogen and oxygen atoms in total. The average molecular weight is 557 g/mol. The fourth-order valence-electron chi connectivity index (χ4n) is 4.50. The SMILES string of the molecule is C=C(C)/C=C/C[C@H](C)[C@H]1C=C[C@H](C)c2c(O[Si](C)(C)C(C)(C)C)c(OC)c(C)c(O[Si](C)(C)C(C)(C)C)c21. The van der Waals surface area contributed by atoms with Gasteiger partial charge in [0.2, 0.25) is 0 Å². The standard InChI is InChI=1S/C33H56O3Si2/c1-22(2)18-17-19-23(3)26-21-20-24(4)27-28(26)29(35-37(13,14)32(6,7)8)25(5)30(34-12)31(27)36-38(15,16)33(9,10)11/h17-18,20-21,23-24,26H,1,19H2,2-16H3/b18-17+/t23-,24-,26+/m0/s1. The van der Waals surface area contributed by atoms with E-state index in [0.717, 1.165) is 34.8 Å². The molecule has 0 fully saturated rings. The average Bonchev–Trinajstić information content (AvgIpc) is 2.74. The van der Waals surface area contributed by atoms with Gasteiger partial charge in [-0.25, -0.2) is 0 Å². The van der Waals surface area contributed by atoms with Gasteiger partial charge < -0.3 is 13.6 Å². The predicted octanol–water partition coefficient (Wildman–Crippen LogP) is 10.7. The Morgan fingerprint density at radius 2 is 1.42 bits per heavy atom. The van der Waals surface area contributed by atoms with E-state index in [0.29, 0.717) is 5.92 Å². The molecule has 2 rings (SSSR count). The molecule has 1 aliphatic carbocycles. The first-order valence-electron chi connectivity index (χ1n) is 14.3. The summed E-state index contributed by atoms with van der Waals surface area (Å²) in [5, 5.41) is 0.153. The normalized spacial score (nSPS) is 19.3. The van der Waals surface area contributed by atoms with Crippen LogP contribution in [0.15, 0.2) is 36.5 Å². The van der Waals surface area contributed by atoms with Crippen LogP contribution in [0.5, 0.6) is 17.2 Å². The van der Waals surface area contributed by atoms with Crippen LogP contribution in [0.1, 0.15) is 97.3 Å². The van der Waals surface area contributed by atoms with Crippen LogP contribution >= 0.6 is 0 Å². The second-order valence-electron chi connectivity index (χ2n) is 14.5. The van der Waals surface area contributed by atoms with E-state index in [1.54, 1.807) is 7.11 Å². The number of rotatable bonds is 9. The van der Waals surface area contributed by atoms with Crippen molar-refractivity contribution >= 4 is 16.6 Å². The summed E-state index contributed by atoms with van der Waals surface area (Å²) in [5.41, 5.74) is 4.68. The van der Waals surface area contributed by atoms with Gasteiger partial charge in [0.15, 0.2) is 11.5 Å². The Morgan fingerprint density at radius 1 is 0.921 bits per heavy atom. The van der Waals surface area contributed by atoms with Gasteiger partial charge in [-0.2, -0.15) is 0 Å². The van der Waals surface area contributed by atoms with Crippen LogP contribution in [0.2, 0.25) is 36.3 Å². The minimum atomic E-state index is -2.14. The molecule has 214 valence electrons. The van der Waals surface area contributed by atoms with Crippen molar-refractivity contribution in [2.45, 2.75) is 124 Å². The summed E-state index contributed by atoms with van der Waals surface area (Å²) in [5.74, 6) is 3.60. The molecule has 0 radical (unpaired) electrons. The smallest absolute Gasteiger partial charge is 0.250 e. The van der Waals surface area contributed by atoms with Gasteiger partial charge in [0, 0.05) is 28.5 Å². The molecule has 38 heavy (non-hydrogen) atoms. The maximum absolute atomic E-state index is 7.21. The number of fused-ring (bicyclic) bond motifs is 1. The van der Waals surface area contributed by atoms with Crippen molar-refractivity contribution in [2.24, 2.45) is 5.92 Å². The summed E-state index contributed by atoms with van der Waals surface area (Å²) >= 11 is 0. The maximum atomic E-state index is 7.21. The van der Waals surface area contributed by atoms with E-state index >= 15 is 0 Å². The van der Waals surface area contributed by atoms with E-state index in [4.69, 9.17) is 13.6 Å². The van der Waals surface area contributed by atoms with Crippen molar-refractivity contribution in [1.82, 2.24) is 0 Å². The Kier molecular flexibility index (Phi) is 9.75. The molecule has 5 heteroatoms. The molecular formula is C33H56O3Si2. The zero-order valence-corrected chi connectivity index (χ0v) is 29.2. The Labute approximate surface area is 237 Å². The summed E-state index contributed by atoms with van der Waals surface area (Å²) in [7, 11) is -2.50. The van der Waals surface area contributed by atoms with Crippen LogP contribution in [0.25, 0.3) is 0 Å². The number of benzene rings is 1. The first-order valence-corrected chi connectivity index (χ1v) is 20.1. The molecule has 1 aromatic rings. The van der Waals surface area contributed by atoms with Gasteiger partial charge >= 0.3 is 0 Å². The van der Waals surface area contributed by atoms with Crippen LogP contribution in [0.4, 0.5) is 0 Å². The third-order valence-electron chi connectivity index (χ3n) is 9.12. The fourth-order valence-corrected chi connectivity index (χ4v) is 6.60. The summed E-state index contributed by atoms with van der Waals surface area (Å²) in [4.78, 5) is 0. The number of hydrogen-bond acceptors (Lipinski definition) is 3. The highest BCUT2D eigenvalue weighted by Gasteiger charge is 2.45. The molecule has 3 atom stereocenters. The van der Waals surface area contributed by atoms with Gasteiger partial charge in [-0.15, -0.1) is 0 Å². The van der Waals surface area contributed by atoms with E-state index in [1.807, 2.05) is 6.92 Å². The molecule has 0 amide bonds. The second kappa shape index (κ2) is 11.4. The Balaban J connectivity index is 2.92. The molecular weight excluding hydrogens is 501 g/mol. The Hall–Kier alpha value is -1.73. The summed E-state index contributed by atoms with van der Waals surface area (Å²) in [6.45, 7) is 36.0. The molecule has 0 aromatic heterocycles. The van der Waals surface area contributed by atoms with Gasteiger partial charge in [-0.1, -0.05) is 91.8 Å². The van der Waals surface area contributed by atoms with Crippen molar-refractivity contribution in [3.63, 3.8) is 0 Å². The lowest BCUT2D eigenvalue weighted by molar-refractivity contribution is 0.372. The lowest BCUT2D eigenvalue weighted by Gasteiger charge is -2.42. The lowest BCUT2D eigenvalue weighted by atomic mass is 9.74. The third-order valence-corrected chi connectivity index (χ3v) is 17.8. The summed E-state index contributed by atoms with van der Waals surface area (Å²) in [6, 6.07) is 0. The summed E-state index contributed by atoms with van der Waals surface area (Å²) < 4.78 is 20.5. The van der Waals surface area contributed by atoms with E-state index in [2.05, 4.69) is 119 Å². The molecule has 1 aromatic carbocycles. The minimum Gasteiger partial charge on any atom is -0.543 e. The second-order valence-corrected chi connectivity index (χ2v) is 24.0. The van der Waals surface area contributed by atoms with Gasteiger partial charge in [-0.3, -0.25) is 0 Å². The van der Waals surface area contributed by atoms with Gasteiger partial charge in [0.25, 0.3) is 16.6 Å². The van der Waals surface area contributed by atoms with Crippen LogP contribution in [-0.4, -0.2) is 23.7 Å². The molecule has 0 aliphatic heterocycles.